The van der Waals surface area contributed by atoms with Crippen LogP contribution in [0.25, 0.3) is 0 Å². The van der Waals surface area contributed by atoms with Crippen LogP contribution in [0.15, 0.2) is 52.0 Å². The number of hydrogen-bond donors (Lipinski definition) is 1. The fourth-order valence-corrected chi connectivity index (χ4v) is 2.80. The lowest BCUT2D eigenvalue weighted by Crippen LogP contribution is -2.36. The van der Waals surface area contributed by atoms with Gasteiger partial charge in [0.15, 0.2) is 0 Å². The zero-order valence-corrected chi connectivity index (χ0v) is 14.4. The number of nitrogens with one attached hydrogen (secondary N) is 1. The van der Waals surface area contributed by atoms with Crippen LogP contribution in [0.4, 0.5) is 0 Å². The highest BCUT2D eigenvalue weighted by Gasteiger charge is 2.21. The first-order valence-corrected chi connectivity index (χ1v) is 7.97. The summed E-state index contributed by atoms with van der Waals surface area (Å²) in [6.07, 6.45) is 3.20. The summed E-state index contributed by atoms with van der Waals surface area (Å²) in [6.45, 7) is 4.12. The predicted octanol–water partition coefficient (Wildman–Crippen LogP) is 1.81. The molecule has 0 bridgehead atoms. The van der Waals surface area contributed by atoms with E-state index in [2.05, 4.69) is 10.4 Å². The largest absolute Gasteiger partial charge is 0.467 e. The Morgan fingerprint density at radius 1 is 1.32 bits per heavy atom. The van der Waals surface area contributed by atoms with Gasteiger partial charge in [0.2, 0.25) is 0 Å². The molecule has 0 aliphatic rings. The number of amides is 1. The van der Waals surface area contributed by atoms with E-state index in [9.17, 15) is 9.59 Å². The molecule has 1 atom stereocenters. The first-order chi connectivity index (χ1) is 12.0. The van der Waals surface area contributed by atoms with Crippen molar-refractivity contribution in [1.29, 1.82) is 0 Å². The summed E-state index contributed by atoms with van der Waals surface area (Å²) >= 11 is 0. The molecule has 25 heavy (non-hydrogen) atoms. The smallest absolute Gasteiger partial charge is 0.263 e. The first-order valence-electron chi connectivity index (χ1n) is 7.97. The molecule has 0 aliphatic carbocycles. The average molecular weight is 340 g/mol. The van der Waals surface area contributed by atoms with Gasteiger partial charge in [0, 0.05) is 25.5 Å². The molecule has 3 rings (SSSR count). The van der Waals surface area contributed by atoms with Gasteiger partial charge in [-0.2, -0.15) is 5.10 Å². The summed E-state index contributed by atoms with van der Waals surface area (Å²) in [4.78, 5) is 24.5. The Bertz CT molecular complexity index is 938. The quantitative estimate of drug-likeness (QED) is 0.768. The molecule has 7 heteroatoms. The SMILES string of the molecule is Cc1cc(C)n([C@H](CNC(=O)c2cccn(C)c2=O)c2ccco2)n1. The van der Waals surface area contributed by atoms with Crippen molar-refractivity contribution in [1.82, 2.24) is 19.7 Å². The van der Waals surface area contributed by atoms with Crippen LogP contribution in [-0.2, 0) is 7.05 Å². The summed E-state index contributed by atoms with van der Waals surface area (Å²) in [5, 5.41) is 7.31. The Morgan fingerprint density at radius 2 is 2.12 bits per heavy atom. The van der Waals surface area contributed by atoms with Crippen LogP contribution in [0, 0.1) is 13.8 Å². The van der Waals surface area contributed by atoms with E-state index in [0.29, 0.717) is 5.76 Å². The van der Waals surface area contributed by atoms with E-state index < -0.39 is 5.91 Å². The Labute approximate surface area is 144 Å². The molecule has 3 aromatic heterocycles. The Balaban J connectivity index is 1.84. The molecular weight excluding hydrogens is 320 g/mol. The van der Waals surface area contributed by atoms with Crippen molar-refractivity contribution in [2.75, 3.05) is 6.54 Å². The van der Waals surface area contributed by atoms with Gasteiger partial charge in [0.25, 0.3) is 11.5 Å². The van der Waals surface area contributed by atoms with Crippen molar-refractivity contribution < 1.29 is 9.21 Å². The third-order valence-electron chi connectivity index (χ3n) is 4.04. The minimum absolute atomic E-state index is 0.108. The molecule has 0 aliphatic heterocycles. The highest BCUT2D eigenvalue weighted by molar-refractivity contribution is 5.93. The van der Waals surface area contributed by atoms with E-state index in [1.54, 1.807) is 31.6 Å². The van der Waals surface area contributed by atoms with Crippen molar-refractivity contribution in [2.45, 2.75) is 19.9 Å². The summed E-state index contributed by atoms with van der Waals surface area (Å²) in [7, 11) is 1.61. The molecule has 7 nitrogen and oxygen atoms in total. The second kappa shape index (κ2) is 6.80. The molecule has 3 heterocycles. The van der Waals surface area contributed by atoms with Crippen LogP contribution in [-0.4, -0.2) is 26.8 Å². The molecule has 0 saturated heterocycles. The number of nitrogens with zero attached hydrogens (tertiary/aromatic N) is 3. The number of rotatable bonds is 5. The minimum atomic E-state index is -0.417. The second-order valence-corrected chi connectivity index (χ2v) is 5.95. The van der Waals surface area contributed by atoms with Gasteiger partial charge in [-0.1, -0.05) is 0 Å². The second-order valence-electron chi connectivity index (χ2n) is 5.95. The van der Waals surface area contributed by atoms with Gasteiger partial charge in [-0.3, -0.25) is 14.3 Å². The molecule has 0 fully saturated rings. The van der Waals surface area contributed by atoms with Gasteiger partial charge < -0.3 is 14.3 Å². The highest BCUT2D eigenvalue weighted by Crippen LogP contribution is 2.20. The van der Waals surface area contributed by atoms with Crippen LogP contribution in [0.5, 0.6) is 0 Å². The number of furan rings is 1. The van der Waals surface area contributed by atoms with Crippen LogP contribution in [0.1, 0.15) is 33.5 Å². The van der Waals surface area contributed by atoms with Gasteiger partial charge in [0.05, 0.1) is 12.0 Å². The molecular formula is C18H20N4O3. The topological polar surface area (TPSA) is 82.1 Å². The van der Waals surface area contributed by atoms with Crippen LogP contribution >= 0.6 is 0 Å². The third-order valence-corrected chi connectivity index (χ3v) is 4.04. The Kier molecular flexibility index (Phi) is 4.56. The van der Waals surface area contributed by atoms with Crippen molar-refractivity contribution in [3.63, 3.8) is 0 Å². The van der Waals surface area contributed by atoms with E-state index in [1.807, 2.05) is 30.7 Å². The molecule has 0 spiro atoms. The van der Waals surface area contributed by atoms with E-state index in [4.69, 9.17) is 4.42 Å². The van der Waals surface area contributed by atoms with Gasteiger partial charge in [-0.25, -0.2) is 0 Å². The van der Waals surface area contributed by atoms with Crippen molar-refractivity contribution in [3.05, 3.63) is 75.9 Å². The zero-order chi connectivity index (χ0) is 18.0. The molecule has 1 N–H and O–H groups in total. The maximum absolute atomic E-state index is 12.4. The van der Waals surface area contributed by atoms with Crippen LogP contribution in [0.3, 0.4) is 0 Å². The van der Waals surface area contributed by atoms with Gasteiger partial charge in [0.1, 0.15) is 17.4 Å². The number of carbonyl (C=O) groups excluding carboxylic acids is 1. The van der Waals surface area contributed by atoms with E-state index >= 15 is 0 Å². The fourth-order valence-electron chi connectivity index (χ4n) is 2.80. The summed E-state index contributed by atoms with van der Waals surface area (Å²) in [5.41, 5.74) is 1.62. The lowest BCUT2D eigenvalue weighted by Gasteiger charge is -2.18. The lowest BCUT2D eigenvalue weighted by molar-refractivity contribution is 0.0946. The zero-order valence-electron chi connectivity index (χ0n) is 14.4. The van der Waals surface area contributed by atoms with E-state index in [1.165, 1.54) is 10.6 Å². The minimum Gasteiger partial charge on any atom is -0.467 e. The maximum atomic E-state index is 12.4. The van der Waals surface area contributed by atoms with Crippen LogP contribution in [0.2, 0.25) is 0 Å². The maximum Gasteiger partial charge on any atom is 0.263 e. The standard InChI is InChI=1S/C18H20N4O3/c1-12-10-13(2)22(20-12)15(16-7-5-9-25-16)11-19-17(23)14-6-4-8-21(3)18(14)24/h4-10,15H,11H2,1-3H3,(H,19,23)/t15-/m1/s1. The summed E-state index contributed by atoms with van der Waals surface area (Å²) in [5.74, 6) is 0.270. The number of aromatic nitrogens is 3. The Hall–Kier alpha value is -3.09. The molecule has 1 amide bonds. The van der Waals surface area contributed by atoms with E-state index in [-0.39, 0.29) is 23.7 Å². The normalized spacial score (nSPS) is 12.1. The van der Waals surface area contributed by atoms with Gasteiger partial charge in [-0.05, 0) is 44.2 Å². The molecule has 130 valence electrons. The number of hydrogen-bond acceptors (Lipinski definition) is 4. The molecule has 3 aromatic rings. The first kappa shape index (κ1) is 16.8. The van der Waals surface area contributed by atoms with Gasteiger partial charge >= 0.3 is 0 Å². The predicted molar refractivity (Wildman–Crippen MR) is 92.6 cm³/mol. The number of pyridine rings is 1. The van der Waals surface area contributed by atoms with Crippen molar-refractivity contribution >= 4 is 5.91 Å². The fraction of sp³-hybridized carbons (Fsp3) is 0.278. The lowest BCUT2D eigenvalue weighted by atomic mass is 10.2. The molecule has 0 saturated carbocycles. The van der Waals surface area contributed by atoms with Crippen molar-refractivity contribution in [3.8, 4) is 0 Å². The molecule has 0 radical (unpaired) electrons. The van der Waals surface area contributed by atoms with Gasteiger partial charge in [-0.15, -0.1) is 0 Å². The Morgan fingerprint density at radius 3 is 2.76 bits per heavy atom. The molecule has 0 unspecified atom stereocenters. The number of carbonyl (C=O) groups is 1. The van der Waals surface area contributed by atoms with E-state index in [0.717, 1.165) is 11.4 Å². The van der Waals surface area contributed by atoms with Crippen molar-refractivity contribution in [2.24, 2.45) is 7.05 Å². The molecule has 0 aromatic carbocycles. The monoisotopic (exact) mass is 340 g/mol. The summed E-state index contributed by atoms with van der Waals surface area (Å²) in [6, 6.07) is 8.49. The number of aryl methyl sites for hydroxylation is 3. The highest BCUT2D eigenvalue weighted by atomic mass is 16.3. The van der Waals surface area contributed by atoms with Crippen LogP contribution < -0.4 is 10.9 Å². The third kappa shape index (κ3) is 3.40. The average Bonchev–Trinajstić information content (AvgIpc) is 3.20. The summed E-state index contributed by atoms with van der Waals surface area (Å²) < 4.78 is 8.71.